The van der Waals surface area contributed by atoms with Gasteiger partial charge in [-0.15, -0.1) is 0 Å². The van der Waals surface area contributed by atoms with Crippen molar-refractivity contribution in [3.05, 3.63) is 52.5 Å². The summed E-state index contributed by atoms with van der Waals surface area (Å²) in [6.07, 6.45) is 0. The molecule has 0 bridgehead atoms. The zero-order valence-corrected chi connectivity index (χ0v) is 12.6. The largest absolute Gasteiger partial charge is 0.486 e. The van der Waals surface area contributed by atoms with Crippen molar-refractivity contribution >= 4 is 29.2 Å². The number of benzene rings is 2. The van der Waals surface area contributed by atoms with Gasteiger partial charge in [0.1, 0.15) is 13.2 Å². The van der Waals surface area contributed by atoms with Crippen LogP contribution in [0.25, 0.3) is 0 Å². The van der Waals surface area contributed by atoms with Gasteiger partial charge in [0.25, 0.3) is 5.91 Å². The molecule has 2 aromatic carbocycles. The van der Waals surface area contributed by atoms with Crippen molar-refractivity contribution in [2.24, 2.45) is 0 Å². The van der Waals surface area contributed by atoms with Crippen LogP contribution in [-0.4, -0.2) is 30.2 Å². The summed E-state index contributed by atoms with van der Waals surface area (Å²) in [5.41, 5.74) is 0.363. The van der Waals surface area contributed by atoms with Crippen LogP contribution in [-0.2, 0) is 0 Å². The molecule has 0 aliphatic carbocycles. The maximum Gasteiger partial charge on any atom is 0.337 e. The molecule has 0 atom stereocenters. The van der Waals surface area contributed by atoms with Crippen molar-refractivity contribution < 1.29 is 24.2 Å². The Morgan fingerprint density at radius 2 is 1.70 bits per heavy atom. The fourth-order valence-electron chi connectivity index (χ4n) is 2.21. The van der Waals surface area contributed by atoms with E-state index in [1.807, 2.05) is 0 Å². The second kappa shape index (κ2) is 6.18. The highest BCUT2D eigenvalue weighted by atomic mass is 35.5. The van der Waals surface area contributed by atoms with E-state index in [1.165, 1.54) is 24.3 Å². The van der Waals surface area contributed by atoms with Gasteiger partial charge in [-0.1, -0.05) is 23.7 Å². The average molecular weight is 334 g/mol. The van der Waals surface area contributed by atoms with E-state index in [9.17, 15) is 9.59 Å². The highest BCUT2D eigenvalue weighted by molar-refractivity contribution is 6.34. The first-order valence-corrected chi connectivity index (χ1v) is 7.17. The zero-order chi connectivity index (χ0) is 16.4. The second-order valence-corrected chi connectivity index (χ2v) is 5.19. The lowest BCUT2D eigenvalue weighted by molar-refractivity contribution is 0.0698. The average Bonchev–Trinajstić information content (AvgIpc) is 2.54. The molecule has 1 aliphatic rings. The van der Waals surface area contributed by atoms with Gasteiger partial charge in [0.05, 0.1) is 21.8 Å². The van der Waals surface area contributed by atoms with Crippen LogP contribution >= 0.6 is 11.6 Å². The quantitative estimate of drug-likeness (QED) is 0.901. The third-order valence-electron chi connectivity index (χ3n) is 3.28. The lowest BCUT2D eigenvalue weighted by Crippen LogP contribution is -2.18. The smallest absolute Gasteiger partial charge is 0.337 e. The molecule has 23 heavy (non-hydrogen) atoms. The molecule has 3 rings (SSSR count). The molecule has 7 heteroatoms. The number of halogens is 1. The third-order valence-corrected chi connectivity index (χ3v) is 3.59. The van der Waals surface area contributed by atoms with E-state index in [1.54, 1.807) is 12.1 Å². The third kappa shape index (κ3) is 3.07. The second-order valence-electron chi connectivity index (χ2n) is 4.78. The molecular weight excluding hydrogens is 322 g/mol. The Hall–Kier alpha value is -2.73. The predicted octanol–water partition coefficient (Wildman–Crippen LogP) is 3.06. The number of anilines is 1. The van der Waals surface area contributed by atoms with Gasteiger partial charge in [0.2, 0.25) is 0 Å². The first-order valence-electron chi connectivity index (χ1n) is 6.79. The molecule has 2 N–H and O–H groups in total. The van der Waals surface area contributed by atoms with E-state index >= 15 is 0 Å². The molecule has 0 spiro atoms. The van der Waals surface area contributed by atoms with Gasteiger partial charge < -0.3 is 19.9 Å². The van der Waals surface area contributed by atoms with Crippen LogP contribution in [0.4, 0.5) is 5.69 Å². The fourth-order valence-corrected chi connectivity index (χ4v) is 2.45. The summed E-state index contributed by atoms with van der Waals surface area (Å²) in [6, 6.07) is 9.11. The lowest BCUT2D eigenvalue weighted by atomic mass is 10.1. The van der Waals surface area contributed by atoms with Gasteiger partial charge in [-0.2, -0.15) is 0 Å². The molecule has 118 valence electrons. The normalized spacial score (nSPS) is 12.6. The molecule has 1 heterocycles. The summed E-state index contributed by atoms with van der Waals surface area (Å²) < 4.78 is 10.8. The zero-order valence-electron chi connectivity index (χ0n) is 11.8. The Morgan fingerprint density at radius 1 is 1.04 bits per heavy atom. The molecule has 0 fully saturated rings. The number of aromatic carboxylic acids is 1. The van der Waals surface area contributed by atoms with Gasteiger partial charge in [0.15, 0.2) is 11.5 Å². The summed E-state index contributed by atoms with van der Waals surface area (Å²) >= 11 is 6.11. The van der Waals surface area contributed by atoms with E-state index < -0.39 is 11.9 Å². The highest BCUT2D eigenvalue weighted by Gasteiger charge is 2.20. The van der Waals surface area contributed by atoms with Crippen molar-refractivity contribution in [3.8, 4) is 11.5 Å². The first kappa shape index (κ1) is 15.2. The van der Waals surface area contributed by atoms with Gasteiger partial charge in [-0.25, -0.2) is 4.79 Å². The minimum absolute atomic E-state index is 0.00508. The van der Waals surface area contributed by atoms with Crippen LogP contribution < -0.4 is 14.8 Å². The number of rotatable bonds is 3. The van der Waals surface area contributed by atoms with E-state index in [0.717, 1.165) is 0 Å². The molecule has 0 saturated heterocycles. The maximum atomic E-state index is 12.4. The van der Waals surface area contributed by atoms with Gasteiger partial charge >= 0.3 is 5.97 Å². The van der Waals surface area contributed by atoms with Crippen LogP contribution in [0.2, 0.25) is 5.02 Å². The standard InChI is InChI=1S/C16H12ClNO5/c17-11-8-14-13(22-5-6-23-14)7-10(11)15(19)18-12-4-2-1-3-9(12)16(20)21/h1-4,7-8H,5-6H2,(H,18,19)(H,20,21). The topological polar surface area (TPSA) is 84.9 Å². The van der Waals surface area contributed by atoms with Crippen LogP contribution in [0.3, 0.4) is 0 Å². The number of nitrogens with one attached hydrogen (secondary N) is 1. The van der Waals surface area contributed by atoms with E-state index in [-0.39, 0.29) is 21.8 Å². The summed E-state index contributed by atoms with van der Waals surface area (Å²) in [6.45, 7) is 0.804. The predicted molar refractivity (Wildman–Crippen MR) is 83.8 cm³/mol. The molecule has 0 aromatic heterocycles. The van der Waals surface area contributed by atoms with E-state index in [0.29, 0.717) is 24.7 Å². The van der Waals surface area contributed by atoms with Gasteiger partial charge in [-0.3, -0.25) is 4.79 Å². The Morgan fingerprint density at radius 3 is 2.39 bits per heavy atom. The highest BCUT2D eigenvalue weighted by Crippen LogP contribution is 2.35. The van der Waals surface area contributed by atoms with Gasteiger partial charge in [-0.05, 0) is 18.2 Å². The Bertz CT molecular complexity index is 790. The molecule has 0 radical (unpaired) electrons. The van der Waals surface area contributed by atoms with Gasteiger partial charge in [0, 0.05) is 6.07 Å². The molecule has 2 aromatic rings. The number of ether oxygens (including phenoxy) is 2. The fraction of sp³-hybridized carbons (Fsp3) is 0.125. The Labute approximate surface area is 136 Å². The van der Waals surface area contributed by atoms with Crippen LogP contribution in [0, 0.1) is 0 Å². The number of hydrogen-bond donors (Lipinski definition) is 2. The summed E-state index contributed by atoms with van der Waals surface area (Å²) in [4.78, 5) is 23.6. The van der Waals surface area contributed by atoms with Crippen LogP contribution in [0.5, 0.6) is 11.5 Å². The number of carboxylic acid groups (broad SMARTS) is 1. The Kier molecular flexibility index (Phi) is 4.08. The number of para-hydroxylation sites is 1. The number of hydrogen-bond acceptors (Lipinski definition) is 4. The summed E-state index contributed by atoms with van der Waals surface area (Å²) in [5.74, 6) is -0.754. The van der Waals surface area contributed by atoms with E-state index in [4.69, 9.17) is 26.2 Å². The number of carbonyl (C=O) groups excluding carboxylic acids is 1. The Balaban J connectivity index is 1.91. The molecule has 0 unspecified atom stereocenters. The number of carboxylic acids is 1. The number of carbonyl (C=O) groups is 2. The van der Waals surface area contributed by atoms with Crippen molar-refractivity contribution in [2.75, 3.05) is 18.5 Å². The summed E-state index contributed by atoms with van der Waals surface area (Å²) in [7, 11) is 0. The molecule has 6 nitrogen and oxygen atoms in total. The first-order chi connectivity index (χ1) is 11.1. The monoisotopic (exact) mass is 333 g/mol. The number of fused-ring (bicyclic) bond motifs is 1. The van der Waals surface area contributed by atoms with E-state index in [2.05, 4.69) is 5.32 Å². The minimum atomic E-state index is -1.13. The van der Waals surface area contributed by atoms with Crippen molar-refractivity contribution in [2.45, 2.75) is 0 Å². The molecule has 0 saturated carbocycles. The maximum absolute atomic E-state index is 12.4. The van der Waals surface area contributed by atoms with Crippen molar-refractivity contribution in [1.82, 2.24) is 0 Å². The molecular formula is C16H12ClNO5. The number of amides is 1. The summed E-state index contributed by atoms with van der Waals surface area (Å²) in [5, 5.41) is 11.9. The lowest BCUT2D eigenvalue weighted by Gasteiger charge is -2.19. The SMILES string of the molecule is O=C(Nc1ccccc1C(=O)O)c1cc2c(cc1Cl)OCCO2. The van der Waals surface area contributed by atoms with Crippen molar-refractivity contribution in [3.63, 3.8) is 0 Å². The molecule has 1 amide bonds. The molecule has 1 aliphatic heterocycles. The minimum Gasteiger partial charge on any atom is -0.486 e. The van der Waals surface area contributed by atoms with Crippen molar-refractivity contribution in [1.29, 1.82) is 0 Å². The van der Waals surface area contributed by atoms with Crippen LogP contribution in [0.1, 0.15) is 20.7 Å². The van der Waals surface area contributed by atoms with Crippen LogP contribution in [0.15, 0.2) is 36.4 Å².